The number of aryl methyl sites for hydroxylation is 1. The van der Waals surface area contributed by atoms with Crippen LogP contribution in [0.25, 0.3) is 0 Å². The summed E-state index contributed by atoms with van der Waals surface area (Å²) >= 11 is 3.43. The number of hydrogen-bond acceptors (Lipinski definition) is 3. The smallest absolute Gasteiger partial charge is 0.254 e. The molecule has 0 atom stereocenters. The molecule has 2 aromatic rings. The SMILES string of the molecule is Cc1cc(OCC2CCOCC2)cc(=O)n1Cc1ccc(Br)cc1. The normalized spacial score (nSPS) is 15.4. The van der Waals surface area contributed by atoms with Gasteiger partial charge in [-0.3, -0.25) is 4.79 Å². The molecule has 3 rings (SSSR count). The molecule has 1 aromatic carbocycles. The number of nitrogens with zero attached hydrogens (tertiary/aromatic N) is 1. The maximum Gasteiger partial charge on any atom is 0.254 e. The van der Waals surface area contributed by atoms with Crippen molar-refractivity contribution in [2.75, 3.05) is 19.8 Å². The van der Waals surface area contributed by atoms with Gasteiger partial charge in [0.15, 0.2) is 0 Å². The summed E-state index contributed by atoms with van der Waals surface area (Å²) in [6, 6.07) is 11.5. The zero-order valence-electron chi connectivity index (χ0n) is 13.8. The number of hydrogen-bond donors (Lipinski definition) is 0. The molecule has 0 aliphatic carbocycles. The molecule has 5 heteroatoms. The number of benzene rings is 1. The average Bonchev–Trinajstić information content (AvgIpc) is 2.59. The van der Waals surface area contributed by atoms with Gasteiger partial charge in [-0.05, 0) is 49.4 Å². The van der Waals surface area contributed by atoms with Gasteiger partial charge in [0.25, 0.3) is 5.56 Å². The van der Waals surface area contributed by atoms with Crippen LogP contribution in [-0.2, 0) is 11.3 Å². The summed E-state index contributed by atoms with van der Waals surface area (Å²) < 4.78 is 14.0. The molecular weight excluding hydrogens is 370 g/mol. The van der Waals surface area contributed by atoms with Crippen molar-refractivity contribution < 1.29 is 9.47 Å². The number of halogens is 1. The van der Waals surface area contributed by atoms with Crippen LogP contribution in [0.2, 0.25) is 0 Å². The van der Waals surface area contributed by atoms with E-state index in [4.69, 9.17) is 9.47 Å². The molecule has 0 N–H and O–H groups in total. The molecule has 4 nitrogen and oxygen atoms in total. The lowest BCUT2D eigenvalue weighted by Crippen LogP contribution is -2.24. The minimum absolute atomic E-state index is 0.0279. The second-order valence-electron chi connectivity index (χ2n) is 6.25. The van der Waals surface area contributed by atoms with Gasteiger partial charge in [-0.2, -0.15) is 0 Å². The zero-order valence-corrected chi connectivity index (χ0v) is 15.4. The summed E-state index contributed by atoms with van der Waals surface area (Å²) in [7, 11) is 0. The Morgan fingerprint density at radius 2 is 1.92 bits per heavy atom. The first-order valence-corrected chi connectivity index (χ1v) is 9.07. The molecule has 2 heterocycles. The maximum atomic E-state index is 12.4. The van der Waals surface area contributed by atoms with Crippen molar-refractivity contribution >= 4 is 15.9 Å². The lowest BCUT2D eigenvalue weighted by Gasteiger charge is -2.22. The van der Waals surface area contributed by atoms with E-state index in [0.29, 0.717) is 24.8 Å². The Balaban J connectivity index is 1.68. The Labute approximate surface area is 150 Å². The van der Waals surface area contributed by atoms with E-state index in [1.54, 1.807) is 10.6 Å². The molecule has 0 radical (unpaired) electrons. The predicted molar refractivity (Wildman–Crippen MR) is 97.7 cm³/mol. The van der Waals surface area contributed by atoms with E-state index in [-0.39, 0.29) is 5.56 Å². The third-order valence-corrected chi connectivity index (χ3v) is 4.92. The van der Waals surface area contributed by atoms with Crippen LogP contribution in [0.3, 0.4) is 0 Å². The summed E-state index contributed by atoms with van der Waals surface area (Å²) in [5.41, 5.74) is 1.98. The molecule has 1 aromatic heterocycles. The van der Waals surface area contributed by atoms with Crippen LogP contribution in [0, 0.1) is 12.8 Å². The van der Waals surface area contributed by atoms with Crippen LogP contribution in [0.1, 0.15) is 24.1 Å². The Hall–Kier alpha value is -1.59. The topological polar surface area (TPSA) is 40.5 Å². The quantitative estimate of drug-likeness (QED) is 0.778. The van der Waals surface area contributed by atoms with Crippen molar-refractivity contribution in [3.05, 3.63) is 62.5 Å². The lowest BCUT2D eigenvalue weighted by atomic mass is 10.0. The van der Waals surface area contributed by atoms with Gasteiger partial charge in [0, 0.05) is 29.4 Å². The third-order valence-electron chi connectivity index (χ3n) is 4.39. The molecule has 1 aliphatic rings. The summed E-state index contributed by atoms with van der Waals surface area (Å²) in [4.78, 5) is 12.4. The molecule has 0 unspecified atom stereocenters. The van der Waals surface area contributed by atoms with Gasteiger partial charge in [0.05, 0.1) is 13.2 Å². The molecule has 0 spiro atoms. The highest BCUT2D eigenvalue weighted by atomic mass is 79.9. The Morgan fingerprint density at radius 1 is 1.21 bits per heavy atom. The van der Waals surface area contributed by atoms with Crippen molar-refractivity contribution in [3.8, 4) is 5.75 Å². The van der Waals surface area contributed by atoms with Crippen LogP contribution < -0.4 is 10.3 Å². The van der Waals surface area contributed by atoms with Gasteiger partial charge in [-0.15, -0.1) is 0 Å². The Kier molecular flexibility index (Phi) is 5.74. The molecule has 1 aliphatic heterocycles. The molecule has 0 amide bonds. The Bertz CT molecular complexity index is 733. The second-order valence-corrected chi connectivity index (χ2v) is 7.17. The number of pyridine rings is 1. The molecular formula is C19H22BrNO3. The minimum atomic E-state index is -0.0279. The van der Waals surface area contributed by atoms with Crippen LogP contribution in [0.15, 0.2) is 45.7 Å². The predicted octanol–water partition coefficient (Wildman–Crippen LogP) is 3.77. The van der Waals surface area contributed by atoms with E-state index in [0.717, 1.165) is 41.8 Å². The fourth-order valence-electron chi connectivity index (χ4n) is 2.88. The van der Waals surface area contributed by atoms with E-state index in [1.807, 2.05) is 37.3 Å². The van der Waals surface area contributed by atoms with Gasteiger partial charge < -0.3 is 14.0 Å². The maximum absolute atomic E-state index is 12.4. The molecule has 1 saturated heterocycles. The summed E-state index contributed by atoms with van der Waals surface area (Å²) in [6.45, 7) is 4.78. The van der Waals surface area contributed by atoms with Crippen molar-refractivity contribution in [3.63, 3.8) is 0 Å². The number of ether oxygens (including phenoxy) is 2. The van der Waals surface area contributed by atoms with E-state index >= 15 is 0 Å². The van der Waals surface area contributed by atoms with Gasteiger partial charge in [-0.25, -0.2) is 0 Å². The lowest BCUT2D eigenvalue weighted by molar-refractivity contribution is 0.0497. The molecule has 24 heavy (non-hydrogen) atoms. The van der Waals surface area contributed by atoms with Gasteiger partial charge in [0.2, 0.25) is 0 Å². The first-order chi connectivity index (χ1) is 11.6. The molecule has 0 bridgehead atoms. The molecule has 1 fully saturated rings. The largest absolute Gasteiger partial charge is 0.493 e. The fourth-order valence-corrected chi connectivity index (χ4v) is 3.15. The van der Waals surface area contributed by atoms with Crippen molar-refractivity contribution in [2.45, 2.75) is 26.3 Å². The zero-order chi connectivity index (χ0) is 16.9. The fraction of sp³-hybridized carbons (Fsp3) is 0.421. The molecule has 0 saturated carbocycles. The van der Waals surface area contributed by atoms with E-state index < -0.39 is 0 Å². The number of rotatable bonds is 5. The highest BCUT2D eigenvalue weighted by Gasteiger charge is 2.15. The summed E-state index contributed by atoms with van der Waals surface area (Å²) in [6.07, 6.45) is 2.05. The summed E-state index contributed by atoms with van der Waals surface area (Å²) in [5.74, 6) is 1.18. The van der Waals surface area contributed by atoms with Gasteiger partial charge in [-0.1, -0.05) is 28.1 Å². The van der Waals surface area contributed by atoms with E-state index in [1.165, 1.54) is 0 Å². The first-order valence-electron chi connectivity index (χ1n) is 8.28. The minimum Gasteiger partial charge on any atom is -0.493 e. The first kappa shape index (κ1) is 17.2. The van der Waals surface area contributed by atoms with Crippen LogP contribution in [0.4, 0.5) is 0 Å². The van der Waals surface area contributed by atoms with Crippen LogP contribution in [0.5, 0.6) is 5.75 Å². The van der Waals surface area contributed by atoms with Crippen molar-refractivity contribution in [1.29, 1.82) is 0 Å². The van der Waals surface area contributed by atoms with Crippen LogP contribution in [-0.4, -0.2) is 24.4 Å². The van der Waals surface area contributed by atoms with E-state index in [9.17, 15) is 4.79 Å². The average molecular weight is 392 g/mol. The summed E-state index contributed by atoms with van der Waals surface area (Å²) in [5, 5.41) is 0. The second kappa shape index (κ2) is 7.99. The van der Waals surface area contributed by atoms with Crippen molar-refractivity contribution in [2.24, 2.45) is 5.92 Å². The highest BCUT2D eigenvalue weighted by molar-refractivity contribution is 9.10. The number of aromatic nitrogens is 1. The Morgan fingerprint density at radius 3 is 2.58 bits per heavy atom. The van der Waals surface area contributed by atoms with E-state index in [2.05, 4.69) is 15.9 Å². The standard InChI is InChI=1S/C19H22BrNO3/c1-14-10-18(24-13-16-6-8-23-9-7-16)11-19(22)21(14)12-15-2-4-17(20)5-3-15/h2-5,10-11,16H,6-9,12-13H2,1H3. The highest BCUT2D eigenvalue weighted by Crippen LogP contribution is 2.18. The van der Waals surface area contributed by atoms with Gasteiger partial charge in [0.1, 0.15) is 5.75 Å². The monoisotopic (exact) mass is 391 g/mol. The van der Waals surface area contributed by atoms with Crippen LogP contribution >= 0.6 is 15.9 Å². The molecule has 128 valence electrons. The third kappa shape index (κ3) is 4.48. The van der Waals surface area contributed by atoms with Gasteiger partial charge >= 0.3 is 0 Å². The van der Waals surface area contributed by atoms with Crippen molar-refractivity contribution in [1.82, 2.24) is 4.57 Å².